The molecular weight excluding hydrogens is 283 g/mol. The first-order valence-corrected chi connectivity index (χ1v) is 6.19. The highest BCUT2D eigenvalue weighted by Gasteiger charge is 2.21. The molecule has 0 bridgehead atoms. The maximum atomic E-state index is 13.2. The summed E-state index contributed by atoms with van der Waals surface area (Å²) in [6.45, 7) is 0.669. The van der Waals surface area contributed by atoms with E-state index >= 15 is 0 Å². The Morgan fingerprint density at radius 2 is 2.29 bits per heavy atom. The van der Waals surface area contributed by atoms with E-state index in [1.807, 2.05) is 0 Å². The summed E-state index contributed by atoms with van der Waals surface area (Å²) in [6.07, 6.45) is 0. The summed E-state index contributed by atoms with van der Waals surface area (Å²) in [5.41, 5.74) is -0.400. The first-order valence-electron chi connectivity index (χ1n) is 6.19. The van der Waals surface area contributed by atoms with Crippen LogP contribution in [0.2, 0.25) is 0 Å². The summed E-state index contributed by atoms with van der Waals surface area (Å²) in [4.78, 5) is 34.2. The molecule has 9 heteroatoms. The van der Waals surface area contributed by atoms with Crippen molar-refractivity contribution in [2.75, 3.05) is 31.5 Å². The molecule has 2 amide bonds. The third-order valence-corrected chi connectivity index (χ3v) is 2.98. The molecule has 112 valence electrons. The van der Waals surface area contributed by atoms with Gasteiger partial charge in [0.05, 0.1) is 18.0 Å². The Labute approximate surface area is 119 Å². The van der Waals surface area contributed by atoms with Crippen molar-refractivity contribution in [2.45, 2.75) is 0 Å². The highest BCUT2D eigenvalue weighted by molar-refractivity contribution is 5.87. The fourth-order valence-corrected chi connectivity index (χ4v) is 1.90. The molecule has 1 heterocycles. The standard InChI is InChI=1S/C12H13FN4O4/c13-9-2-1-8(5-10(9)17(20)21)15-6-12(19)16-4-3-14-11(18)7-16/h1-2,5,15H,3-4,6-7H2,(H,14,18). The zero-order chi connectivity index (χ0) is 15.4. The lowest BCUT2D eigenvalue weighted by atomic mass is 10.2. The van der Waals surface area contributed by atoms with Crippen LogP contribution in [0.15, 0.2) is 18.2 Å². The van der Waals surface area contributed by atoms with Gasteiger partial charge in [-0.2, -0.15) is 4.39 Å². The van der Waals surface area contributed by atoms with E-state index < -0.39 is 16.4 Å². The normalized spacial score (nSPS) is 14.5. The predicted octanol–water partition coefficient (Wildman–Crippen LogP) is 0.104. The number of piperazine rings is 1. The Morgan fingerprint density at radius 3 is 2.95 bits per heavy atom. The zero-order valence-electron chi connectivity index (χ0n) is 11.0. The minimum absolute atomic E-state index is 0.00984. The van der Waals surface area contributed by atoms with E-state index in [2.05, 4.69) is 10.6 Å². The molecule has 0 radical (unpaired) electrons. The van der Waals surface area contributed by atoms with E-state index in [0.29, 0.717) is 13.1 Å². The number of halogens is 1. The molecule has 8 nitrogen and oxygen atoms in total. The van der Waals surface area contributed by atoms with Crippen LogP contribution in [0.3, 0.4) is 0 Å². The summed E-state index contributed by atoms with van der Waals surface area (Å²) < 4.78 is 13.2. The van der Waals surface area contributed by atoms with Crippen molar-refractivity contribution in [3.8, 4) is 0 Å². The summed E-state index contributed by atoms with van der Waals surface area (Å²) >= 11 is 0. The lowest BCUT2D eigenvalue weighted by Gasteiger charge is -2.26. The van der Waals surface area contributed by atoms with Gasteiger partial charge in [-0.1, -0.05) is 0 Å². The Kier molecular flexibility index (Phi) is 4.31. The van der Waals surface area contributed by atoms with Gasteiger partial charge in [0.1, 0.15) is 0 Å². The molecule has 1 aliphatic rings. The molecule has 0 saturated carbocycles. The number of nitrogens with one attached hydrogen (secondary N) is 2. The summed E-state index contributed by atoms with van der Waals surface area (Å²) in [6, 6.07) is 3.28. The minimum atomic E-state index is -0.940. The number of benzene rings is 1. The number of carbonyl (C=O) groups excluding carboxylic acids is 2. The summed E-state index contributed by atoms with van der Waals surface area (Å²) in [5.74, 6) is -1.48. The van der Waals surface area contributed by atoms with Crippen LogP contribution in [0.1, 0.15) is 0 Å². The molecule has 2 N–H and O–H groups in total. The van der Waals surface area contributed by atoms with Gasteiger partial charge in [0, 0.05) is 24.8 Å². The monoisotopic (exact) mass is 296 g/mol. The highest BCUT2D eigenvalue weighted by Crippen LogP contribution is 2.21. The molecule has 1 aromatic rings. The van der Waals surface area contributed by atoms with Crippen molar-refractivity contribution in [1.29, 1.82) is 0 Å². The van der Waals surface area contributed by atoms with E-state index in [-0.39, 0.29) is 30.6 Å². The van der Waals surface area contributed by atoms with Gasteiger partial charge in [-0.05, 0) is 12.1 Å². The first kappa shape index (κ1) is 14.7. The topological polar surface area (TPSA) is 105 Å². The smallest absolute Gasteiger partial charge is 0.306 e. The van der Waals surface area contributed by atoms with Gasteiger partial charge in [-0.25, -0.2) is 0 Å². The van der Waals surface area contributed by atoms with Gasteiger partial charge < -0.3 is 15.5 Å². The quantitative estimate of drug-likeness (QED) is 0.606. The average Bonchev–Trinajstić information content (AvgIpc) is 2.45. The average molecular weight is 296 g/mol. The van der Waals surface area contributed by atoms with E-state index in [0.717, 1.165) is 12.1 Å². The van der Waals surface area contributed by atoms with E-state index in [1.165, 1.54) is 11.0 Å². The second kappa shape index (κ2) is 6.16. The van der Waals surface area contributed by atoms with E-state index in [1.54, 1.807) is 0 Å². The minimum Gasteiger partial charge on any atom is -0.376 e. The Morgan fingerprint density at radius 1 is 1.52 bits per heavy atom. The van der Waals surface area contributed by atoms with Crippen LogP contribution < -0.4 is 10.6 Å². The maximum absolute atomic E-state index is 13.2. The second-order valence-electron chi connectivity index (χ2n) is 4.44. The van der Waals surface area contributed by atoms with Crippen LogP contribution in [0.25, 0.3) is 0 Å². The third kappa shape index (κ3) is 3.65. The molecule has 1 saturated heterocycles. The largest absolute Gasteiger partial charge is 0.376 e. The van der Waals surface area contributed by atoms with Crippen LogP contribution in [0, 0.1) is 15.9 Å². The molecule has 1 aliphatic heterocycles. The molecular formula is C12H13FN4O4. The molecule has 2 rings (SSSR count). The molecule has 0 atom stereocenters. The van der Waals surface area contributed by atoms with Crippen LogP contribution in [0.5, 0.6) is 0 Å². The second-order valence-corrected chi connectivity index (χ2v) is 4.44. The van der Waals surface area contributed by atoms with E-state index in [9.17, 15) is 24.1 Å². The third-order valence-electron chi connectivity index (χ3n) is 2.98. The van der Waals surface area contributed by atoms with Gasteiger partial charge >= 0.3 is 5.69 Å². The molecule has 0 spiro atoms. The number of hydrogen-bond donors (Lipinski definition) is 2. The number of nitro benzene ring substituents is 1. The summed E-state index contributed by atoms with van der Waals surface area (Å²) in [5, 5.41) is 15.9. The summed E-state index contributed by atoms with van der Waals surface area (Å²) in [7, 11) is 0. The Balaban J connectivity index is 1.96. The Bertz CT molecular complexity index is 593. The van der Waals surface area contributed by atoms with Gasteiger partial charge in [-0.15, -0.1) is 0 Å². The predicted molar refractivity (Wildman–Crippen MR) is 71.1 cm³/mol. The lowest BCUT2D eigenvalue weighted by Crippen LogP contribution is -2.51. The number of carbonyl (C=O) groups is 2. The van der Waals surface area contributed by atoms with Crippen molar-refractivity contribution in [1.82, 2.24) is 10.2 Å². The number of amides is 2. The highest BCUT2D eigenvalue weighted by atomic mass is 19.1. The van der Waals surface area contributed by atoms with Crippen molar-refractivity contribution >= 4 is 23.2 Å². The number of nitro groups is 1. The van der Waals surface area contributed by atoms with Crippen LogP contribution in [-0.4, -0.2) is 47.8 Å². The van der Waals surface area contributed by atoms with Crippen molar-refractivity contribution < 1.29 is 18.9 Å². The SMILES string of the molecule is O=C1CN(C(=O)CNc2ccc(F)c([N+](=O)[O-])c2)CCN1. The molecule has 1 aromatic carbocycles. The van der Waals surface area contributed by atoms with Gasteiger partial charge in [-0.3, -0.25) is 19.7 Å². The van der Waals surface area contributed by atoms with Crippen LogP contribution >= 0.6 is 0 Å². The van der Waals surface area contributed by atoms with E-state index in [4.69, 9.17) is 0 Å². The molecule has 0 aliphatic carbocycles. The van der Waals surface area contributed by atoms with Crippen molar-refractivity contribution in [3.63, 3.8) is 0 Å². The Hall–Kier alpha value is -2.71. The molecule has 0 unspecified atom stereocenters. The zero-order valence-corrected chi connectivity index (χ0v) is 11.0. The first-order chi connectivity index (χ1) is 9.97. The van der Waals surface area contributed by atoms with Crippen molar-refractivity contribution in [2.24, 2.45) is 0 Å². The van der Waals surface area contributed by atoms with Crippen LogP contribution in [-0.2, 0) is 9.59 Å². The fraction of sp³-hybridized carbons (Fsp3) is 0.333. The van der Waals surface area contributed by atoms with Crippen LogP contribution in [0.4, 0.5) is 15.8 Å². The lowest BCUT2D eigenvalue weighted by molar-refractivity contribution is -0.387. The van der Waals surface area contributed by atoms with Crippen molar-refractivity contribution in [3.05, 3.63) is 34.1 Å². The molecule has 1 fully saturated rings. The number of nitrogens with zero attached hydrogens (tertiary/aromatic N) is 2. The number of anilines is 1. The van der Waals surface area contributed by atoms with Gasteiger partial charge in [0.15, 0.2) is 0 Å². The fourth-order valence-electron chi connectivity index (χ4n) is 1.90. The maximum Gasteiger partial charge on any atom is 0.306 e. The van der Waals surface area contributed by atoms with Gasteiger partial charge in [0.25, 0.3) is 0 Å². The van der Waals surface area contributed by atoms with Gasteiger partial charge in [0.2, 0.25) is 17.6 Å². The molecule has 21 heavy (non-hydrogen) atoms. The molecule has 0 aromatic heterocycles. The number of hydrogen-bond acceptors (Lipinski definition) is 5. The number of rotatable bonds is 4.